The van der Waals surface area contributed by atoms with Crippen LogP contribution in [0.15, 0.2) is 12.3 Å². The van der Waals surface area contributed by atoms with Crippen LogP contribution >= 0.6 is 0 Å². The number of fused-ring (bicyclic) bond motifs is 3. The van der Waals surface area contributed by atoms with Gasteiger partial charge in [0, 0.05) is 17.1 Å². The molecule has 5 nitrogen and oxygen atoms in total. The fourth-order valence-corrected chi connectivity index (χ4v) is 2.29. The summed E-state index contributed by atoms with van der Waals surface area (Å²) in [4.78, 5) is 11.6. The number of aromatic nitrogens is 3. The summed E-state index contributed by atoms with van der Waals surface area (Å²) in [7, 11) is 0. The molecule has 0 atom stereocenters. The first-order valence-electron chi connectivity index (χ1n) is 5.38. The maximum Gasteiger partial charge on any atom is 0.222 e. The molecule has 3 rings (SSSR count). The number of aromatic amines is 1. The summed E-state index contributed by atoms with van der Waals surface area (Å²) in [5.41, 5.74) is 15.8. The topological polar surface area (TPSA) is 93.6 Å². The lowest BCUT2D eigenvalue weighted by Crippen LogP contribution is -2.02. The first-order chi connectivity index (χ1) is 8.09. The van der Waals surface area contributed by atoms with Crippen molar-refractivity contribution >= 4 is 33.6 Å². The number of nitrogens with zero attached hydrogens (tertiary/aromatic N) is 2. The van der Waals surface area contributed by atoms with E-state index in [1.54, 1.807) is 0 Å². The molecule has 5 N–H and O–H groups in total. The molecule has 0 saturated carbocycles. The largest absolute Gasteiger partial charge is 0.383 e. The van der Waals surface area contributed by atoms with Gasteiger partial charge in [-0.1, -0.05) is 0 Å². The van der Waals surface area contributed by atoms with Crippen molar-refractivity contribution in [1.82, 2.24) is 15.0 Å². The highest BCUT2D eigenvalue weighted by atomic mass is 15.0. The number of hydrogen-bond acceptors (Lipinski definition) is 4. The van der Waals surface area contributed by atoms with E-state index in [0.29, 0.717) is 5.82 Å². The Balaban J connectivity index is 2.70. The molecule has 5 heteroatoms. The van der Waals surface area contributed by atoms with Crippen molar-refractivity contribution in [2.45, 2.75) is 13.8 Å². The number of aryl methyl sites for hydroxylation is 2. The number of anilines is 2. The van der Waals surface area contributed by atoms with Crippen LogP contribution in [0.2, 0.25) is 0 Å². The summed E-state index contributed by atoms with van der Waals surface area (Å²) < 4.78 is 0. The highest BCUT2D eigenvalue weighted by Gasteiger charge is 2.14. The van der Waals surface area contributed by atoms with Crippen molar-refractivity contribution in [3.63, 3.8) is 0 Å². The summed E-state index contributed by atoms with van der Waals surface area (Å²) in [5, 5.41) is 1.92. The number of rotatable bonds is 0. The Bertz CT molecular complexity index is 742. The molecule has 0 amide bonds. The van der Waals surface area contributed by atoms with Gasteiger partial charge in [0.2, 0.25) is 5.95 Å². The quantitative estimate of drug-likeness (QED) is 0.546. The fraction of sp³-hybridized carbons (Fsp3) is 0.167. The standard InChI is InChI=1S/C12H13N5/c1-5-6(2)10-8(7-3-4-15-9(5)7)11(13)17-12(14)16-10/h3-4,15H,1-2H3,(H4,13,14,16,17). The predicted molar refractivity (Wildman–Crippen MR) is 69.7 cm³/mol. The highest BCUT2D eigenvalue weighted by molar-refractivity contribution is 6.12. The van der Waals surface area contributed by atoms with Gasteiger partial charge in [0.1, 0.15) is 5.82 Å². The Morgan fingerprint density at radius 3 is 2.65 bits per heavy atom. The molecule has 2 aromatic heterocycles. The molecule has 0 spiro atoms. The van der Waals surface area contributed by atoms with Gasteiger partial charge in [-0.2, -0.15) is 4.98 Å². The van der Waals surface area contributed by atoms with E-state index >= 15 is 0 Å². The van der Waals surface area contributed by atoms with Gasteiger partial charge in [-0.25, -0.2) is 4.98 Å². The van der Waals surface area contributed by atoms with Crippen LogP contribution < -0.4 is 11.5 Å². The van der Waals surface area contributed by atoms with E-state index < -0.39 is 0 Å². The third kappa shape index (κ3) is 1.19. The van der Waals surface area contributed by atoms with E-state index in [2.05, 4.69) is 21.9 Å². The second-order valence-corrected chi connectivity index (χ2v) is 4.21. The minimum absolute atomic E-state index is 0.215. The molecule has 2 heterocycles. The number of benzene rings is 1. The highest BCUT2D eigenvalue weighted by Crippen LogP contribution is 2.33. The van der Waals surface area contributed by atoms with E-state index in [9.17, 15) is 0 Å². The third-order valence-electron chi connectivity index (χ3n) is 3.26. The van der Waals surface area contributed by atoms with Gasteiger partial charge >= 0.3 is 0 Å². The summed E-state index contributed by atoms with van der Waals surface area (Å²) in [6.07, 6.45) is 1.90. The Morgan fingerprint density at radius 1 is 1.12 bits per heavy atom. The summed E-state index contributed by atoms with van der Waals surface area (Å²) in [6.45, 7) is 4.08. The van der Waals surface area contributed by atoms with Crippen molar-refractivity contribution < 1.29 is 0 Å². The molecule has 0 fully saturated rings. The maximum atomic E-state index is 5.96. The van der Waals surface area contributed by atoms with Crippen LogP contribution in [0.3, 0.4) is 0 Å². The normalized spacial score (nSPS) is 11.4. The lowest BCUT2D eigenvalue weighted by molar-refractivity contribution is 1.23. The minimum Gasteiger partial charge on any atom is -0.383 e. The molecule has 0 unspecified atom stereocenters. The van der Waals surface area contributed by atoms with Gasteiger partial charge in [0.15, 0.2) is 0 Å². The average molecular weight is 227 g/mol. The van der Waals surface area contributed by atoms with Crippen molar-refractivity contribution in [2.75, 3.05) is 11.5 Å². The first kappa shape index (κ1) is 9.89. The summed E-state index contributed by atoms with van der Waals surface area (Å²) >= 11 is 0. The summed E-state index contributed by atoms with van der Waals surface area (Å²) in [6, 6.07) is 1.99. The Morgan fingerprint density at radius 2 is 1.88 bits per heavy atom. The monoisotopic (exact) mass is 227 g/mol. The molecule has 0 aliphatic heterocycles. The van der Waals surface area contributed by atoms with Gasteiger partial charge in [0.25, 0.3) is 0 Å². The van der Waals surface area contributed by atoms with Crippen molar-refractivity contribution in [3.8, 4) is 0 Å². The van der Waals surface area contributed by atoms with E-state index in [1.165, 1.54) is 0 Å². The van der Waals surface area contributed by atoms with Crippen molar-refractivity contribution in [3.05, 3.63) is 23.4 Å². The van der Waals surface area contributed by atoms with E-state index in [0.717, 1.165) is 32.9 Å². The molecule has 86 valence electrons. The second-order valence-electron chi connectivity index (χ2n) is 4.21. The van der Waals surface area contributed by atoms with Gasteiger partial charge in [-0.3, -0.25) is 0 Å². The number of H-pyrrole nitrogens is 1. The van der Waals surface area contributed by atoms with Crippen LogP contribution in [-0.2, 0) is 0 Å². The Labute approximate surface area is 97.9 Å². The number of nitrogens with one attached hydrogen (secondary N) is 1. The van der Waals surface area contributed by atoms with Crippen LogP contribution in [0.25, 0.3) is 21.8 Å². The molecule has 0 aliphatic rings. The lowest BCUT2D eigenvalue weighted by Gasteiger charge is -2.10. The van der Waals surface area contributed by atoms with Crippen LogP contribution in [0.4, 0.5) is 11.8 Å². The SMILES string of the molecule is Cc1c(C)c2[nH]ccc2c2c(N)nc(N)nc12. The van der Waals surface area contributed by atoms with Crippen LogP contribution in [0, 0.1) is 13.8 Å². The van der Waals surface area contributed by atoms with Gasteiger partial charge in [-0.15, -0.1) is 0 Å². The number of hydrogen-bond donors (Lipinski definition) is 3. The molecule has 0 saturated heterocycles. The molecule has 17 heavy (non-hydrogen) atoms. The Hall–Kier alpha value is -2.30. The number of nitrogens with two attached hydrogens (primary N) is 2. The van der Waals surface area contributed by atoms with Crippen molar-refractivity contribution in [2.24, 2.45) is 0 Å². The van der Waals surface area contributed by atoms with E-state index in [-0.39, 0.29) is 5.95 Å². The minimum atomic E-state index is 0.215. The van der Waals surface area contributed by atoms with Crippen LogP contribution in [-0.4, -0.2) is 15.0 Å². The molecular weight excluding hydrogens is 214 g/mol. The molecular formula is C12H13N5. The van der Waals surface area contributed by atoms with Gasteiger partial charge in [0.05, 0.1) is 10.9 Å². The molecule has 0 radical (unpaired) electrons. The van der Waals surface area contributed by atoms with E-state index in [4.69, 9.17) is 11.5 Å². The van der Waals surface area contributed by atoms with Crippen LogP contribution in [0.1, 0.15) is 11.1 Å². The zero-order valence-corrected chi connectivity index (χ0v) is 9.70. The fourth-order valence-electron chi connectivity index (χ4n) is 2.29. The lowest BCUT2D eigenvalue weighted by atomic mass is 10.0. The van der Waals surface area contributed by atoms with Crippen molar-refractivity contribution in [1.29, 1.82) is 0 Å². The predicted octanol–water partition coefficient (Wildman–Crippen LogP) is 1.89. The maximum absolute atomic E-state index is 5.96. The average Bonchev–Trinajstić information content (AvgIpc) is 2.73. The third-order valence-corrected chi connectivity index (χ3v) is 3.26. The zero-order valence-electron chi connectivity index (χ0n) is 9.70. The first-order valence-corrected chi connectivity index (χ1v) is 5.38. The van der Waals surface area contributed by atoms with Crippen LogP contribution in [0.5, 0.6) is 0 Å². The Kier molecular flexibility index (Phi) is 1.80. The molecule has 1 aromatic carbocycles. The van der Waals surface area contributed by atoms with Gasteiger partial charge < -0.3 is 16.5 Å². The molecule has 0 bridgehead atoms. The van der Waals surface area contributed by atoms with Gasteiger partial charge in [-0.05, 0) is 31.0 Å². The smallest absolute Gasteiger partial charge is 0.222 e. The summed E-state index contributed by atoms with van der Waals surface area (Å²) in [5.74, 6) is 0.646. The van der Waals surface area contributed by atoms with E-state index in [1.807, 2.05) is 19.2 Å². The zero-order chi connectivity index (χ0) is 12.2. The molecule has 3 aromatic rings. The molecule has 0 aliphatic carbocycles. The number of nitrogen functional groups attached to an aromatic ring is 2. The second kappa shape index (κ2) is 3.10.